The number of nitrogens with zero attached hydrogens (tertiary/aromatic N) is 5. The highest BCUT2D eigenvalue weighted by Crippen LogP contribution is 2.43. The third kappa shape index (κ3) is 5.32. The highest BCUT2D eigenvalue weighted by molar-refractivity contribution is 5.71. The van der Waals surface area contributed by atoms with Crippen LogP contribution in [0.25, 0.3) is 22.5 Å². The Balaban J connectivity index is 1.39. The van der Waals surface area contributed by atoms with Crippen LogP contribution in [0, 0.1) is 34.4 Å². The van der Waals surface area contributed by atoms with Gasteiger partial charge < -0.3 is 4.52 Å². The Kier molecular flexibility index (Phi) is 6.75. The highest BCUT2D eigenvalue weighted by Gasteiger charge is 2.43. The van der Waals surface area contributed by atoms with Crippen molar-refractivity contribution in [1.82, 2.24) is 15.0 Å². The van der Waals surface area contributed by atoms with Gasteiger partial charge >= 0.3 is 0 Å². The van der Waals surface area contributed by atoms with E-state index in [0.29, 0.717) is 36.6 Å². The maximum atomic E-state index is 15.4. The van der Waals surface area contributed by atoms with Crippen molar-refractivity contribution >= 4 is 0 Å². The minimum Gasteiger partial charge on any atom is -0.342 e. The first-order valence-electron chi connectivity index (χ1n) is 12.3. The molecule has 6 nitrogen and oxygen atoms in total. The number of rotatable bonds is 7. The van der Waals surface area contributed by atoms with Gasteiger partial charge in [-0.2, -0.15) is 15.5 Å². The minimum atomic E-state index is -1.58. The Morgan fingerprint density at radius 3 is 2.32 bits per heavy atom. The second kappa shape index (κ2) is 10.2. The van der Waals surface area contributed by atoms with Gasteiger partial charge in [-0.1, -0.05) is 17.3 Å². The number of benzene rings is 3. The molecule has 0 unspecified atom stereocenters. The van der Waals surface area contributed by atoms with E-state index in [-0.39, 0.29) is 11.5 Å². The first-order valence-corrected chi connectivity index (χ1v) is 12.3. The number of hydrogen-bond donors (Lipinski definition) is 0. The molecule has 2 heterocycles. The van der Waals surface area contributed by atoms with Gasteiger partial charge in [-0.05, 0) is 90.6 Å². The lowest BCUT2D eigenvalue weighted by Gasteiger charge is -2.46. The molecule has 5 rings (SSSR count). The number of halogens is 2. The summed E-state index contributed by atoms with van der Waals surface area (Å²) in [4.78, 5) is 6.40. The van der Waals surface area contributed by atoms with Crippen LogP contribution in [0.2, 0.25) is 0 Å². The van der Waals surface area contributed by atoms with Gasteiger partial charge in [0.2, 0.25) is 12.2 Å². The fourth-order valence-corrected chi connectivity index (χ4v) is 5.41. The molecule has 0 aliphatic carbocycles. The monoisotopic (exact) mass is 509 g/mol. The average Bonchev–Trinajstić information content (AvgIpc) is 3.41. The maximum absolute atomic E-state index is 15.4. The molecule has 0 bridgehead atoms. The van der Waals surface area contributed by atoms with Crippen LogP contribution in [0.3, 0.4) is 0 Å². The summed E-state index contributed by atoms with van der Waals surface area (Å²) in [7, 11) is 0. The quantitative estimate of drug-likeness (QED) is 0.293. The highest BCUT2D eigenvalue weighted by atomic mass is 19.1. The predicted octanol–water partition coefficient (Wildman–Crippen LogP) is 6.25. The fraction of sp³-hybridized carbons (Fsp3) is 0.267. The van der Waals surface area contributed by atoms with Gasteiger partial charge in [-0.25, -0.2) is 8.78 Å². The third-order valence-electron chi connectivity index (χ3n) is 6.97. The van der Waals surface area contributed by atoms with Crippen molar-refractivity contribution < 1.29 is 13.3 Å². The molecule has 1 aliphatic heterocycles. The van der Waals surface area contributed by atoms with Crippen molar-refractivity contribution in [3.05, 3.63) is 95.1 Å². The smallest absolute Gasteiger partial charge is 0.214 e. The normalized spacial score (nSPS) is 14.9. The summed E-state index contributed by atoms with van der Waals surface area (Å²) in [6.45, 7) is 4.91. The largest absolute Gasteiger partial charge is 0.342 e. The topological polar surface area (TPSA) is 89.7 Å². The van der Waals surface area contributed by atoms with E-state index in [4.69, 9.17) is 9.78 Å². The van der Waals surface area contributed by atoms with Crippen LogP contribution in [0.15, 0.2) is 71.6 Å². The zero-order valence-corrected chi connectivity index (χ0v) is 21.0. The van der Waals surface area contributed by atoms with E-state index in [2.05, 4.69) is 27.2 Å². The van der Waals surface area contributed by atoms with Crippen LogP contribution in [-0.2, 0) is 6.54 Å². The van der Waals surface area contributed by atoms with Crippen molar-refractivity contribution in [1.29, 1.82) is 10.5 Å². The average molecular weight is 510 g/mol. The first kappa shape index (κ1) is 25.3. The van der Waals surface area contributed by atoms with Gasteiger partial charge in [0, 0.05) is 31.1 Å². The molecule has 0 saturated carbocycles. The fourth-order valence-electron chi connectivity index (χ4n) is 5.41. The molecule has 0 radical (unpaired) electrons. The molecule has 8 heteroatoms. The molecule has 1 atom stereocenters. The van der Waals surface area contributed by atoms with Crippen molar-refractivity contribution in [3.8, 4) is 34.7 Å². The molecular weight excluding hydrogens is 484 g/mol. The summed E-state index contributed by atoms with van der Waals surface area (Å²) in [5.41, 5.74) is 3.45. The molecule has 3 aromatic carbocycles. The molecular formula is C30H25F2N5O. The predicted molar refractivity (Wildman–Crippen MR) is 138 cm³/mol. The van der Waals surface area contributed by atoms with E-state index in [0.717, 1.165) is 22.3 Å². The molecule has 1 aromatic heterocycles. The van der Waals surface area contributed by atoms with E-state index in [1.807, 2.05) is 30.3 Å². The number of likely N-dealkylation sites (tertiary alicyclic amines) is 1. The number of alkyl halides is 1. The Bertz CT molecular complexity index is 1520. The zero-order chi connectivity index (χ0) is 26.9. The summed E-state index contributed by atoms with van der Waals surface area (Å²) in [6, 6.07) is 21.6. The molecule has 0 amide bonds. The molecule has 1 saturated heterocycles. The first-order chi connectivity index (χ1) is 18.2. The van der Waals surface area contributed by atoms with E-state index >= 15 is 4.39 Å². The molecule has 0 N–H and O–H groups in total. The lowest BCUT2D eigenvalue weighted by Crippen LogP contribution is -2.52. The molecule has 190 valence electrons. The lowest BCUT2D eigenvalue weighted by molar-refractivity contribution is 0.0212. The van der Waals surface area contributed by atoms with E-state index in [1.165, 1.54) is 32.4 Å². The van der Waals surface area contributed by atoms with Crippen molar-refractivity contribution in [2.24, 2.45) is 5.92 Å². The van der Waals surface area contributed by atoms with Crippen LogP contribution >= 0.6 is 0 Å². The second-order valence-electron chi connectivity index (χ2n) is 10.2. The standard InChI is InChI=1S/C30H25F2N5O/c1-30(2,32)28(24-7-20(14-34)10-27(31)12-24)26-16-37(17-26)15-21-8-23(22-5-3-19(13-33)4-6-22)11-25(9-21)29-35-18-38-36-29/h3-12,18,26,28H,15-17H2,1-2H3/t28-/m1/s1. The summed E-state index contributed by atoms with van der Waals surface area (Å²) in [5.74, 6) is -0.622. The summed E-state index contributed by atoms with van der Waals surface area (Å²) >= 11 is 0. The van der Waals surface area contributed by atoms with Gasteiger partial charge in [0.15, 0.2) is 0 Å². The van der Waals surface area contributed by atoms with Gasteiger partial charge in [0.25, 0.3) is 0 Å². The zero-order valence-electron chi connectivity index (χ0n) is 21.0. The second-order valence-corrected chi connectivity index (χ2v) is 10.2. The van der Waals surface area contributed by atoms with Gasteiger partial charge in [0.05, 0.1) is 23.3 Å². The lowest BCUT2D eigenvalue weighted by atomic mass is 9.72. The number of nitriles is 2. The SMILES string of the molecule is CC(C)(F)[C@H](c1cc(F)cc(C#N)c1)C1CN(Cc2cc(-c3ccc(C#N)cc3)cc(-c3ncon3)c2)C1. The van der Waals surface area contributed by atoms with Crippen LogP contribution in [0.1, 0.15) is 42.0 Å². The molecule has 1 fully saturated rings. The Labute approximate surface area is 219 Å². The van der Waals surface area contributed by atoms with Gasteiger partial charge in [-0.15, -0.1) is 0 Å². The summed E-state index contributed by atoms with van der Waals surface area (Å²) in [6.07, 6.45) is 1.28. The van der Waals surface area contributed by atoms with Gasteiger partial charge in [-0.3, -0.25) is 4.90 Å². The summed E-state index contributed by atoms with van der Waals surface area (Å²) < 4.78 is 34.5. The van der Waals surface area contributed by atoms with E-state index in [9.17, 15) is 9.65 Å². The Morgan fingerprint density at radius 1 is 0.974 bits per heavy atom. The van der Waals surface area contributed by atoms with Crippen molar-refractivity contribution in [2.45, 2.75) is 32.0 Å². The maximum Gasteiger partial charge on any atom is 0.214 e. The molecule has 0 spiro atoms. The van der Waals surface area contributed by atoms with Gasteiger partial charge in [0.1, 0.15) is 11.5 Å². The van der Waals surface area contributed by atoms with E-state index in [1.54, 1.807) is 18.2 Å². The Morgan fingerprint density at radius 2 is 1.68 bits per heavy atom. The molecule has 1 aliphatic rings. The van der Waals surface area contributed by atoms with Crippen molar-refractivity contribution in [2.75, 3.05) is 13.1 Å². The molecule has 38 heavy (non-hydrogen) atoms. The van der Waals surface area contributed by atoms with Crippen LogP contribution in [0.4, 0.5) is 8.78 Å². The number of hydrogen-bond acceptors (Lipinski definition) is 6. The third-order valence-corrected chi connectivity index (χ3v) is 6.97. The van der Waals surface area contributed by atoms with Crippen LogP contribution < -0.4 is 0 Å². The van der Waals surface area contributed by atoms with Crippen LogP contribution in [-0.4, -0.2) is 33.8 Å². The minimum absolute atomic E-state index is 0.0262. The summed E-state index contributed by atoms with van der Waals surface area (Å²) in [5, 5.41) is 22.4. The Hall–Kier alpha value is -4.40. The number of aromatic nitrogens is 2. The van der Waals surface area contributed by atoms with E-state index < -0.39 is 17.4 Å². The van der Waals surface area contributed by atoms with Crippen molar-refractivity contribution in [3.63, 3.8) is 0 Å². The van der Waals surface area contributed by atoms with Crippen LogP contribution in [0.5, 0.6) is 0 Å². The molecule has 4 aromatic rings.